The smallest absolute Gasteiger partial charge is 0.182 e. The number of nitrogens with one attached hydrogen (secondary N) is 1. The molecule has 0 bridgehead atoms. The minimum absolute atomic E-state index is 0.322. The molecule has 0 amide bonds. The fourth-order valence-electron chi connectivity index (χ4n) is 2.13. The first-order valence-electron chi connectivity index (χ1n) is 5.85. The van der Waals surface area contributed by atoms with Crippen molar-refractivity contribution < 1.29 is 9.13 Å². The molecule has 0 aliphatic heterocycles. The zero-order valence-corrected chi connectivity index (χ0v) is 12.1. The molecule has 3 nitrogen and oxygen atoms in total. The Morgan fingerprint density at radius 3 is 2.85 bits per heavy atom. The molecule has 1 heterocycles. The number of H-pyrrole nitrogens is 1. The third kappa shape index (κ3) is 1.99. The monoisotopic (exact) mass is 308 g/mol. The summed E-state index contributed by atoms with van der Waals surface area (Å²) in [7, 11) is 1.53. The highest BCUT2D eigenvalue weighted by Crippen LogP contribution is 2.28. The second kappa shape index (κ2) is 4.92. The van der Waals surface area contributed by atoms with E-state index in [4.69, 9.17) is 28.6 Å². The van der Waals surface area contributed by atoms with E-state index in [-0.39, 0.29) is 5.82 Å². The number of methoxy groups -OCH3 is 1. The lowest BCUT2D eigenvalue weighted by Gasteiger charge is -2.08. The van der Waals surface area contributed by atoms with E-state index in [2.05, 4.69) is 4.98 Å². The quantitative estimate of drug-likeness (QED) is 0.707. The molecular weight excluding hydrogens is 299 g/mol. The van der Waals surface area contributed by atoms with Crippen LogP contribution in [0.5, 0.6) is 5.75 Å². The van der Waals surface area contributed by atoms with Gasteiger partial charge in [-0.3, -0.25) is 4.57 Å². The Morgan fingerprint density at radius 1 is 1.30 bits per heavy atom. The minimum Gasteiger partial charge on any atom is -0.497 e. The molecule has 0 atom stereocenters. The second-order valence-electron chi connectivity index (χ2n) is 4.22. The summed E-state index contributed by atoms with van der Waals surface area (Å²) in [5.74, 6) is 0.169. The van der Waals surface area contributed by atoms with Gasteiger partial charge in [-0.1, -0.05) is 17.7 Å². The number of nitrogens with zero attached hydrogens (tertiary/aromatic N) is 1. The van der Waals surface area contributed by atoms with Crippen molar-refractivity contribution in [3.63, 3.8) is 0 Å². The van der Waals surface area contributed by atoms with Crippen molar-refractivity contribution >= 4 is 34.9 Å². The van der Waals surface area contributed by atoms with E-state index in [1.807, 2.05) is 6.07 Å². The molecule has 1 aromatic heterocycles. The Morgan fingerprint density at radius 2 is 2.10 bits per heavy atom. The van der Waals surface area contributed by atoms with Gasteiger partial charge >= 0.3 is 0 Å². The van der Waals surface area contributed by atoms with Crippen LogP contribution in [0.2, 0.25) is 5.02 Å². The molecule has 0 radical (unpaired) electrons. The van der Waals surface area contributed by atoms with Gasteiger partial charge in [0.15, 0.2) is 4.77 Å². The van der Waals surface area contributed by atoms with Crippen LogP contribution in [0.4, 0.5) is 4.39 Å². The predicted molar refractivity (Wildman–Crippen MR) is 80.0 cm³/mol. The first-order chi connectivity index (χ1) is 9.61. The maximum Gasteiger partial charge on any atom is 0.182 e. The molecule has 3 rings (SSSR count). The molecule has 0 unspecified atom stereocenters. The lowest BCUT2D eigenvalue weighted by atomic mass is 10.2. The Hall–Kier alpha value is -1.85. The highest BCUT2D eigenvalue weighted by molar-refractivity contribution is 7.71. The van der Waals surface area contributed by atoms with Gasteiger partial charge in [0.25, 0.3) is 0 Å². The number of halogens is 2. The Kier molecular flexibility index (Phi) is 3.23. The van der Waals surface area contributed by atoms with Crippen LogP contribution in [0.15, 0.2) is 36.4 Å². The van der Waals surface area contributed by atoms with Gasteiger partial charge in [0.2, 0.25) is 0 Å². The molecule has 3 aromatic rings. The number of para-hydroxylation sites is 1. The predicted octanol–water partition coefficient (Wildman–Crippen LogP) is 4.49. The minimum atomic E-state index is -0.386. The van der Waals surface area contributed by atoms with Crippen molar-refractivity contribution in [3.8, 4) is 11.4 Å². The summed E-state index contributed by atoms with van der Waals surface area (Å²) in [6, 6.07) is 9.87. The van der Waals surface area contributed by atoms with Crippen molar-refractivity contribution in [2.75, 3.05) is 7.11 Å². The fourth-order valence-corrected chi connectivity index (χ4v) is 2.64. The number of benzene rings is 2. The third-order valence-electron chi connectivity index (χ3n) is 3.06. The summed E-state index contributed by atoms with van der Waals surface area (Å²) >= 11 is 11.4. The van der Waals surface area contributed by atoms with Crippen LogP contribution in [0.3, 0.4) is 0 Å². The van der Waals surface area contributed by atoms with Gasteiger partial charge in [0.05, 0.1) is 28.9 Å². The van der Waals surface area contributed by atoms with E-state index in [0.29, 0.717) is 26.7 Å². The highest BCUT2D eigenvalue weighted by atomic mass is 35.5. The maximum atomic E-state index is 14.1. The molecule has 0 aliphatic carbocycles. The van der Waals surface area contributed by atoms with Crippen molar-refractivity contribution in [1.29, 1.82) is 0 Å². The molecule has 0 spiro atoms. The van der Waals surface area contributed by atoms with Crippen LogP contribution in [0.1, 0.15) is 0 Å². The van der Waals surface area contributed by atoms with Gasteiger partial charge in [-0.15, -0.1) is 0 Å². The zero-order valence-electron chi connectivity index (χ0n) is 10.5. The molecule has 6 heteroatoms. The molecular formula is C14H10ClFN2OS. The van der Waals surface area contributed by atoms with Gasteiger partial charge < -0.3 is 9.72 Å². The Labute approximate surface area is 124 Å². The Bertz CT molecular complexity index is 856. The van der Waals surface area contributed by atoms with E-state index in [1.54, 1.807) is 28.8 Å². The van der Waals surface area contributed by atoms with E-state index in [1.165, 1.54) is 13.2 Å². The number of hydrogen-bond acceptors (Lipinski definition) is 2. The van der Waals surface area contributed by atoms with Crippen molar-refractivity contribution in [1.82, 2.24) is 9.55 Å². The standard InChI is InChI=1S/C14H10ClFN2OS/c1-19-8-5-6-10(16)12(7-8)18-11-4-2-3-9(15)13(11)17-14(18)20/h2-7H,1H3,(H,17,20). The van der Waals surface area contributed by atoms with Gasteiger partial charge in [0.1, 0.15) is 11.6 Å². The molecule has 0 aliphatic rings. The molecule has 0 fully saturated rings. The molecule has 20 heavy (non-hydrogen) atoms. The van der Waals surface area contributed by atoms with Crippen LogP contribution in [0, 0.1) is 10.6 Å². The van der Waals surface area contributed by atoms with Gasteiger partial charge in [-0.05, 0) is 36.5 Å². The summed E-state index contributed by atoms with van der Waals surface area (Å²) in [4.78, 5) is 3.00. The van der Waals surface area contributed by atoms with Gasteiger partial charge in [-0.25, -0.2) is 4.39 Å². The summed E-state index contributed by atoms with van der Waals surface area (Å²) < 4.78 is 21.2. The van der Waals surface area contributed by atoms with E-state index in [0.717, 1.165) is 5.52 Å². The van der Waals surface area contributed by atoms with Crippen LogP contribution >= 0.6 is 23.8 Å². The van der Waals surface area contributed by atoms with E-state index in [9.17, 15) is 4.39 Å². The average Bonchev–Trinajstić information content (AvgIpc) is 2.77. The van der Waals surface area contributed by atoms with Crippen molar-refractivity contribution in [3.05, 3.63) is 52.0 Å². The summed E-state index contributed by atoms with van der Waals surface area (Å²) in [6.07, 6.45) is 0. The number of aromatic amines is 1. The number of hydrogen-bond donors (Lipinski definition) is 1. The van der Waals surface area contributed by atoms with Crippen molar-refractivity contribution in [2.24, 2.45) is 0 Å². The van der Waals surface area contributed by atoms with E-state index >= 15 is 0 Å². The van der Waals surface area contributed by atoms with Crippen molar-refractivity contribution in [2.45, 2.75) is 0 Å². The molecule has 102 valence electrons. The third-order valence-corrected chi connectivity index (χ3v) is 3.66. The first-order valence-corrected chi connectivity index (χ1v) is 6.63. The van der Waals surface area contributed by atoms with Crippen LogP contribution in [0.25, 0.3) is 16.7 Å². The maximum absolute atomic E-state index is 14.1. The van der Waals surface area contributed by atoms with Crippen LogP contribution in [-0.2, 0) is 0 Å². The highest BCUT2D eigenvalue weighted by Gasteiger charge is 2.13. The zero-order chi connectivity index (χ0) is 14.3. The normalized spacial score (nSPS) is 10.9. The Balaban J connectivity index is 2.38. The molecule has 0 saturated heterocycles. The topological polar surface area (TPSA) is 29.9 Å². The first kappa shape index (κ1) is 13.1. The fraction of sp³-hybridized carbons (Fsp3) is 0.0714. The van der Waals surface area contributed by atoms with E-state index < -0.39 is 0 Å². The lowest BCUT2D eigenvalue weighted by Crippen LogP contribution is -1.98. The van der Waals surface area contributed by atoms with Crippen LogP contribution in [-0.4, -0.2) is 16.7 Å². The lowest BCUT2D eigenvalue weighted by molar-refractivity contribution is 0.413. The SMILES string of the molecule is COc1ccc(F)c(-n2c(=S)[nH]c3c(Cl)cccc32)c1. The number of fused-ring (bicyclic) bond motifs is 1. The van der Waals surface area contributed by atoms with Gasteiger partial charge in [0, 0.05) is 6.07 Å². The average molecular weight is 309 g/mol. The van der Waals surface area contributed by atoms with Gasteiger partial charge in [-0.2, -0.15) is 0 Å². The molecule has 0 saturated carbocycles. The second-order valence-corrected chi connectivity index (χ2v) is 5.01. The summed E-state index contributed by atoms with van der Waals surface area (Å²) in [5.41, 5.74) is 1.72. The number of imidazole rings is 1. The summed E-state index contributed by atoms with van der Waals surface area (Å²) in [5, 5.41) is 0.538. The number of ether oxygens (including phenoxy) is 1. The number of aromatic nitrogens is 2. The molecule has 2 aromatic carbocycles. The largest absolute Gasteiger partial charge is 0.497 e. The summed E-state index contributed by atoms with van der Waals surface area (Å²) in [6.45, 7) is 0. The molecule has 1 N–H and O–H groups in total. The van der Waals surface area contributed by atoms with Crippen LogP contribution < -0.4 is 4.74 Å². The number of rotatable bonds is 2.